The Balaban J connectivity index is 1.64. The predicted molar refractivity (Wildman–Crippen MR) is 127 cm³/mol. The van der Waals surface area contributed by atoms with E-state index in [-0.39, 0.29) is 12.6 Å². The van der Waals surface area contributed by atoms with Crippen molar-refractivity contribution in [1.29, 1.82) is 0 Å². The maximum atomic E-state index is 12.3. The smallest absolute Gasteiger partial charge is 0.317 e. The molecule has 2 N–H and O–H groups in total. The Morgan fingerprint density at radius 3 is 1.88 bits per heavy atom. The third-order valence-corrected chi connectivity index (χ3v) is 6.05. The summed E-state index contributed by atoms with van der Waals surface area (Å²) in [4.78, 5) is 13.9. The minimum Gasteiger partial charge on any atom is -0.388 e. The van der Waals surface area contributed by atoms with Crippen molar-refractivity contribution in [3.05, 3.63) is 108 Å². The highest BCUT2D eigenvalue weighted by molar-refractivity contribution is 5.77. The first-order valence-electron chi connectivity index (χ1n) is 11.2. The molecular weight excluding hydrogens is 416 g/mol. The first-order valence-corrected chi connectivity index (χ1v) is 11.2. The van der Waals surface area contributed by atoms with Gasteiger partial charge in [0.1, 0.15) is 5.60 Å². The van der Waals surface area contributed by atoms with E-state index < -0.39 is 17.7 Å². The van der Waals surface area contributed by atoms with Crippen LogP contribution in [0.1, 0.15) is 16.7 Å². The fraction of sp³-hybridized carbons (Fsp3) is 0.296. The Bertz CT molecular complexity index is 917. The lowest BCUT2D eigenvalue weighted by Crippen LogP contribution is -2.44. The molecule has 1 saturated heterocycles. The number of aliphatic hydroxyl groups is 1. The number of carbonyl (C=O) groups excluding carboxylic acids is 1. The van der Waals surface area contributed by atoms with Crippen LogP contribution in [0.2, 0.25) is 0 Å². The largest absolute Gasteiger partial charge is 0.388 e. The van der Waals surface area contributed by atoms with Crippen LogP contribution < -0.4 is 5.32 Å². The summed E-state index contributed by atoms with van der Waals surface area (Å²) in [7, 11) is 1.60. The monoisotopic (exact) mass is 446 g/mol. The van der Waals surface area contributed by atoms with Gasteiger partial charge in [-0.25, -0.2) is 4.79 Å². The molecule has 1 aliphatic heterocycles. The van der Waals surface area contributed by atoms with Crippen LogP contribution in [0.5, 0.6) is 0 Å². The van der Waals surface area contributed by atoms with Crippen molar-refractivity contribution in [1.82, 2.24) is 10.2 Å². The zero-order chi connectivity index (χ0) is 23.1. The third-order valence-electron chi connectivity index (χ3n) is 6.05. The van der Waals surface area contributed by atoms with E-state index in [1.165, 1.54) is 0 Å². The lowest BCUT2D eigenvalue weighted by Gasteiger charge is -2.37. The number of benzene rings is 3. The van der Waals surface area contributed by atoms with E-state index in [0.717, 1.165) is 16.7 Å². The van der Waals surface area contributed by atoms with E-state index in [0.29, 0.717) is 19.7 Å². The number of amides is 2. The zero-order valence-electron chi connectivity index (χ0n) is 18.8. The number of hydrogen-bond donors (Lipinski definition) is 2. The SMILES string of the molecule is COCCN1C[C@H]([C@H](O)COC(c2ccccc2)(c2ccccc2)c2ccccc2)NC1=O. The summed E-state index contributed by atoms with van der Waals surface area (Å²) >= 11 is 0. The van der Waals surface area contributed by atoms with E-state index in [2.05, 4.69) is 5.32 Å². The van der Waals surface area contributed by atoms with Gasteiger partial charge in [-0.15, -0.1) is 0 Å². The molecule has 0 aromatic heterocycles. The molecule has 0 radical (unpaired) electrons. The lowest BCUT2D eigenvalue weighted by atomic mass is 9.80. The van der Waals surface area contributed by atoms with E-state index >= 15 is 0 Å². The fourth-order valence-electron chi connectivity index (χ4n) is 4.32. The number of carbonyl (C=O) groups is 1. The highest BCUT2D eigenvalue weighted by Crippen LogP contribution is 2.40. The van der Waals surface area contributed by atoms with Gasteiger partial charge in [0.15, 0.2) is 0 Å². The van der Waals surface area contributed by atoms with Crippen LogP contribution in [0.25, 0.3) is 0 Å². The van der Waals surface area contributed by atoms with Gasteiger partial charge in [-0.2, -0.15) is 0 Å². The minimum atomic E-state index is -0.914. The number of nitrogens with zero attached hydrogens (tertiary/aromatic N) is 1. The molecule has 0 spiro atoms. The molecule has 0 saturated carbocycles. The van der Waals surface area contributed by atoms with Crippen molar-refractivity contribution in [2.45, 2.75) is 17.7 Å². The van der Waals surface area contributed by atoms with Crippen LogP contribution >= 0.6 is 0 Å². The average Bonchev–Trinajstić information content (AvgIpc) is 3.25. The summed E-state index contributed by atoms with van der Waals surface area (Å²) in [5.74, 6) is 0. The minimum absolute atomic E-state index is 0.0434. The molecule has 2 atom stereocenters. The maximum absolute atomic E-state index is 12.3. The molecule has 1 aliphatic rings. The van der Waals surface area contributed by atoms with Crippen LogP contribution in [0, 0.1) is 0 Å². The quantitative estimate of drug-likeness (QED) is 0.469. The molecule has 4 rings (SSSR count). The molecule has 0 bridgehead atoms. The highest BCUT2D eigenvalue weighted by Gasteiger charge is 2.40. The summed E-state index contributed by atoms with van der Waals surface area (Å²) in [5.41, 5.74) is 1.98. The van der Waals surface area contributed by atoms with Crippen molar-refractivity contribution >= 4 is 6.03 Å². The molecule has 2 amide bonds. The topological polar surface area (TPSA) is 71.0 Å². The Morgan fingerprint density at radius 1 is 0.939 bits per heavy atom. The molecule has 6 nitrogen and oxygen atoms in total. The van der Waals surface area contributed by atoms with Gasteiger partial charge in [0, 0.05) is 20.2 Å². The van der Waals surface area contributed by atoms with Crippen molar-refractivity contribution in [3.63, 3.8) is 0 Å². The Hall–Kier alpha value is -3.19. The first kappa shape index (κ1) is 23.0. The predicted octanol–water partition coefficient (Wildman–Crippen LogP) is 3.40. The van der Waals surface area contributed by atoms with Gasteiger partial charge in [0.2, 0.25) is 0 Å². The van der Waals surface area contributed by atoms with Gasteiger partial charge in [0.05, 0.1) is 25.4 Å². The molecule has 172 valence electrons. The Kier molecular flexibility index (Phi) is 7.40. The van der Waals surface area contributed by atoms with Gasteiger partial charge in [-0.1, -0.05) is 91.0 Å². The number of nitrogens with one attached hydrogen (secondary N) is 1. The van der Waals surface area contributed by atoms with Crippen LogP contribution in [-0.4, -0.2) is 61.6 Å². The summed E-state index contributed by atoms with van der Waals surface area (Å²) < 4.78 is 11.7. The van der Waals surface area contributed by atoms with Gasteiger partial charge >= 0.3 is 6.03 Å². The van der Waals surface area contributed by atoms with Gasteiger partial charge in [-0.05, 0) is 16.7 Å². The summed E-state index contributed by atoms with van der Waals surface area (Å²) in [6, 6.07) is 29.5. The highest BCUT2D eigenvalue weighted by atomic mass is 16.5. The zero-order valence-corrected chi connectivity index (χ0v) is 18.8. The number of ether oxygens (including phenoxy) is 2. The fourth-order valence-corrected chi connectivity index (χ4v) is 4.32. The van der Waals surface area contributed by atoms with Gasteiger partial charge < -0.3 is 24.8 Å². The van der Waals surface area contributed by atoms with Crippen LogP contribution in [0.3, 0.4) is 0 Å². The van der Waals surface area contributed by atoms with E-state index in [9.17, 15) is 9.90 Å². The summed E-state index contributed by atoms with van der Waals surface area (Å²) in [6.07, 6.45) is -0.878. The second-order valence-electron chi connectivity index (χ2n) is 8.15. The van der Waals surface area contributed by atoms with Gasteiger partial charge in [-0.3, -0.25) is 0 Å². The molecule has 1 heterocycles. The average molecular weight is 447 g/mol. The second kappa shape index (κ2) is 10.6. The first-order chi connectivity index (χ1) is 16.1. The van der Waals surface area contributed by atoms with Crippen LogP contribution in [-0.2, 0) is 15.1 Å². The number of hydrogen-bond acceptors (Lipinski definition) is 4. The van der Waals surface area contributed by atoms with Crippen molar-refractivity contribution in [3.8, 4) is 0 Å². The summed E-state index contributed by atoms with van der Waals surface area (Å²) in [6.45, 7) is 1.38. The third kappa shape index (κ3) is 4.93. The van der Waals surface area contributed by atoms with Crippen molar-refractivity contribution in [2.75, 3.05) is 33.4 Å². The maximum Gasteiger partial charge on any atom is 0.317 e. The van der Waals surface area contributed by atoms with E-state index in [4.69, 9.17) is 9.47 Å². The lowest BCUT2D eigenvalue weighted by molar-refractivity contribution is -0.0461. The Labute approximate surface area is 194 Å². The van der Waals surface area contributed by atoms with Crippen LogP contribution in [0.4, 0.5) is 4.79 Å². The molecule has 3 aromatic rings. The molecule has 1 fully saturated rings. The second-order valence-corrected chi connectivity index (χ2v) is 8.15. The van der Waals surface area contributed by atoms with E-state index in [1.807, 2.05) is 91.0 Å². The van der Waals surface area contributed by atoms with Crippen molar-refractivity contribution < 1.29 is 19.4 Å². The van der Waals surface area contributed by atoms with Crippen LogP contribution in [0.15, 0.2) is 91.0 Å². The molecular formula is C27H30N2O4. The Morgan fingerprint density at radius 2 is 1.42 bits per heavy atom. The molecule has 0 unspecified atom stereocenters. The molecule has 6 heteroatoms. The number of rotatable bonds is 10. The summed E-state index contributed by atoms with van der Waals surface area (Å²) in [5, 5.41) is 13.9. The number of urea groups is 1. The molecule has 0 aliphatic carbocycles. The van der Waals surface area contributed by atoms with Gasteiger partial charge in [0.25, 0.3) is 0 Å². The standard InChI is InChI=1S/C27H30N2O4/c1-32-18-17-29-19-24(28-26(29)31)25(30)20-33-27(21-11-5-2-6-12-21,22-13-7-3-8-14-22)23-15-9-4-10-16-23/h2-16,24-25,30H,17-20H2,1H3,(H,28,31)/t24-,25-/m1/s1. The van der Waals surface area contributed by atoms with Crippen molar-refractivity contribution in [2.24, 2.45) is 0 Å². The van der Waals surface area contributed by atoms with E-state index in [1.54, 1.807) is 12.0 Å². The molecule has 33 heavy (non-hydrogen) atoms. The molecule has 3 aromatic carbocycles. The normalized spacial score (nSPS) is 17.1. The number of methoxy groups -OCH3 is 1. The number of aliphatic hydroxyl groups excluding tert-OH is 1.